The van der Waals surface area contributed by atoms with Crippen molar-refractivity contribution in [2.45, 2.75) is 12.4 Å². The molecule has 0 unspecified atom stereocenters. The van der Waals surface area contributed by atoms with Crippen LogP contribution in [0.2, 0.25) is 10.0 Å². The van der Waals surface area contributed by atoms with Gasteiger partial charge in [-0.2, -0.15) is 0 Å². The Morgan fingerprint density at radius 2 is 1.95 bits per heavy atom. The van der Waals surface area contributed by atoms with Crippen molar-refractivity contribution >= 4 is 46.0 Å². The number of aromatic nitrogens is 3. The highest BCUT2D eigenvalue weighted by Gasteiger charge is 2.13. The fourth-order valence-electron chi connectivity index (χ4n) is 2.10. The summed E-state index contributed by atoms with van der Waals surface area (Å²) in [4.78, 5) is 8.80. The number of nitrogens with zero attached hydrogens (tertiary/aromatic N) is 3. The smallest absolute Gasteiger partial charge is 0.160 e. The van der Waals surface area contributed by atoms with Gasteiger partial charge in [0, 0.05) is 11.2 Å². The van der Waals surface area contributed by atoms with Gasteiger partial charge in [-0.1, -0.05) is 41.4 Å². The summed E-state index contributed by atoms with van der Waals surface area (Å²) in [7, 11) is 0. The highest BCUT2D eigenvalue weighted by atomic mass is 35.5. The Kier molecular flexibility index (Phi) is 3.83. The highest BCUT2D eigenvalue weighted by molar-refractivity contribution is 6.31. The minimum absolute atomic E-state index is 0.304. The van der Waals surface area contributed by atoms with Crippen LogP contribution in [-0.2, 0) is 12.4 Å². The third kappa shape index (κ3) is 2.49. The molecule has 0 saturated heterocycles. The van der Waals surface area contributed by atoms with Crippen LogP contribution in [0, 0.1) is 0 Å². The molecule has 2 heterocycles. The first-order valence-corrected chi connectivity index (χ1v) is 7.28. The maximum absolute atomic E-state index is 6.20. The Balaban J connectivity index is 2.12. The van der Waals surface area contributed by atoms with E-state index in [2.05, 4.69) is 9.97 Å². The average Bonchev–Trinajstić information content (AvgIpc) is 2.78. The van der Waals surface area contributed by atoms with Gasteiger partial charge >= 0.3 is 0 Å². The van der Waals surface area contributed by atoms with E-state index in [1.165, 1.54) is 0 Å². The molecule has 3 rings (SSSR count). The molecular formula is C14H10Cl3N3. The molecule has 0 bridgehead atoms. The van der Waals surface area contributed by atoms with Crippen LogP contribution in [0.15, 0.2) is 36.5 Å². The summed E-state index contributed by atoms with van der Waals surface area (Å²) in [5.74, 6) is 1.05. The number of hydrogen-bond acceptors (Lipinski definition) is 2. The first-order valence-electron chi connectivity index (χ1n) is 5.99. The number of fused-ring (bicyclic) bond motifs is 1. The lowest BCUT2D eigenvalue weighted by molar-refractivity contribution is 0.770. The quantitative estimate of drug-likeness (QED) is 0.662. The maximum atomic E-state index is 6.20. The van der Waals surface area contributed by atoms with Gasteiger partial charge in [-0.3, -0.25) is 0 Å². The van der Waals surface area contributed by atoms with E-state index >= 15 is 0 Å². The van der Waals surface area contributed by atoms with Gasteiger partial charge in [0.15, 0.2) is 5.65 Å². The van der Waals surface area contributed by atoms with Gasteiger partial charge < -0.3 is 4.57 Å². The molecule has 0 spiro atoms. The molecule has 0 amide bonds. The highest BCUT2D eigenvalue weighted by Crippen LogP contribution is 2.23. The standard InChI is InChI=1S/C14H10Cl3N3/c15-6-13-19-12-5-10(16)7-18-14(12)20(13)8-9-3-1-2-4-11(9)17/h1-5,7H,6,8H2. The fraction of sp³-hybridized carbons (Fsp3) is 0.143. The molecule has 1 aromatic carbocycles. The fourth-order valence-corrected chi connectivity index (χ4v) is 2.65. The van der Waals surface area contributed by atoms with Crippen LogP contribution in [0.4, 0.5) is 0 Å². The van der Waals surface area contributed by atoms with Gasteiger partial charge in [-0.05, 0) is 17.7 Å². The number of pyridine rings is 1. The van der Waals surface area contributed by atoms with E-state index in [-0.39, 0.29) is 0 Å². The minimum atomic E-state index is 0.304. The molecule has 0 aliphatic carbocycles. The second-order valence-corrected chi connectivity index (χ2v) is 5.45. The minimum Gasteiger partial charge on any atom is -0.307 e. The number of imidazole rings is 1. The summed E-state index contributed by atoms with van der Waals surface area (Å²) < 4.78 is 1.96. The second kappa shape index (κ2) is 5.60. The zero-order valence-corrected chi connectivity index (χ0v) is 12.6. The predicted molar refractivity (Wildman–Crippen MR) is 82.6 cm³/mol. The Morgan fingerprint density at radius 3 is 2.70 bits per heavy atom. The van der Waals surface area contributed by atoms with Gasteiger partial charge in [0.2, 0.25) is 0 Å². The number of rotatable bonds is 3. The molecule has 0 fully saturated rings. The van der Waals surface area contributed by atoms with Crippen molar-refractivity contribution in [3.63, 3.8) is 0 Å². The zero-order chi connectivity index (χ0) is 14.1. The van der Waals surface area contributed by atoms with Crippen molar-refractivity contribution in [3.05, 3.63) is 58.0 Å². The molecule has 102 valence electrons. The van der Waals surface area contributed by atoms with Crippen molar-refractivity contribution in [1.82, 2.24) is 14.5 Å². The molecule has 2 aromatic heterocycles. The van der Waals surface area contributed by atoms with Crippen molar-refractivity contribution in [1.29, 1.82) is 0 Å². The lowest BCUT2D eigenvalue weighted by Crippen LogP contribution is -2.05. The van der Waals surface area contributed by atoms with Crippen LogP contribution in [-0.4, -0.2) is 14.5 Å². The van der Waals surface area contributed by atoms with Gasteiger partial charge in [0.05, 0.1) is 17.4 Å². The number of benzene rings is 1. The van der Waals surface area contributed by atoms with Crippen LogP contribution in [0.1, 0.15) is 11.4 Å². The van der Waals surface area contributed by atoms with Crippen molar-refractivity contribution in [3.8, 4) is 0 Å². The largest absolute Gasteiger partial charge is 0.307 e. The van der Waals surface area contributed by atoms with E-state index in [0.29, 0.717) is 22.5 Å². The molecule has 0 aliphatic rings. The van der Waals surface area contributed by atoms with E-state index in [1.54, 1.807) is 12.3 Å². The van der Waals surface area contributed by atoms with Crippen LogP contribution in [0.3, 0.4) is 0 Å². The molecular weight excluding hydrogens is 317 g/mol. The number of alkyl halides is 1. The molecule has 3 nitrogen and oxygen atoms in total. The summed E-state index contributed by atoms with van der Waals surface area (Å²) >= 11 is 18.1. The topological polar surface area (TPSA) is 30.7 Å². The Hall–Kier alpha value is -1.29. The normalized spacial score (nSPS) is 11.2. The zero-order valence-electron chi connectivity index (χ0n) is 10.4. The molecule has 0 N–H and O–H groups in total. The van der Waals surface area contributed by atoms with Crippen molar-refractivity contribution in [2.75, 3.05) is 0 Å². The molecule has 6 heteroatoms. The van der Waals surface area contributed by atoms with Crippen molar-refractivity contribution < 1.29 is 0 Å². The van der Waals surface area contributed by atoms with Gasteiger partial charge in [0.25, 0.3) is 0 Å². The van der Waals surface area contributed by atoms with Gasteiger partial charge in [-0.15, -0.1) is 11.6 Å². The lowest BCUT2D eigenvalue weighted by Gasteiger charge is -2.08. The molecule has 3 aromatic rings. The Labute approximate surface area is 131 Å². The second-order valence-electron chi connectivity index (χ2n) is 4.34. The summed E-state index contributed by atoms with van der Waals surface area (Å²) in [5.41, 5.74) is 2.49. The van der Waals surface area contributed by atoms with Crippen LogP contribution < -0.4 is 0 Å². The number of hydrogen-bond donors (Lipinski definition) is 0. The summed E-state index contributed by atoms with van der Waals surface area (Å²) in [6.07, 6.45) is 1.60. The SMILES string of the molecule is ClCc1nc2cc(Cl)cnc2n1Cc1ccccc1Cl. The molecule has 0 atom stereocenters. The predicted octanol–water partition coefficient (Wildman–Crippen LogP) is 4.53. The van der Waals surface area contributed by atoms with Crippen LogP contribution >= 0.6 is 34.8 Å². The lowest BCUT2D eigenvalue weighted by atomic mass is 10.2. The van der Waals surface area contributed by atoms with Gasteiger partial charge in [0.1, 0.15) is 11.3 Å². The van der Waals surface area contributed by atoms with E-state index in [0.717, 1.165) is 22.6 Å². The summed E-state index contributed by atoms with van der Waals surface area (Å²) in [6, 6.07) is 9.47. The van der Waals surface area contributed by atoms with E-state index < -0.39 is 0 Å². The molecule has 0 saturated carbocycles. The Morgan fingerprint density at radius 1 is 1.15 bits per heavy atom. The molecule has 0 aliphatic heterocycles. The first kappa shape index (κ1) is 13.7. The summed E-state index contributed by atoms with van der Waals surface area (Å²) in [6.45, 7) is 0.576. The molecule has 0 radical (unpaired) electrons. The van der Waals surface area contributed by atoms with Gasteiger partial charge in [-0.25, -0.2) is 9.97 Å². The van der Waals surface area contributed by atoms with E-state index in [1.807, 2.05) is 28.8 Å². The monoisotopic (exact) mass is 325 g/mol. The maximum Gasteiger partial charge on any atom is 0.160 e. The van der Waals surface area contributed by atoms with Crippen LogP contribution in [0.5, 0.6) is 0 Å². The molecule has 20 heavy (non-hydrogen) atoms. The number of halogens is 3. The van der Waals surface area contributed by atoms with Crippen LogP contribution in [0.25, 0.3) is 11.2 Å². The van der Waals surface area contributed by atoms with E-state index in [9.17, 15) is 0 Å². The Bertz CT molecular complexity index is 767. The van der Waals surface area contributed by atoms with Crippen molar-refractivity contribution in [2.24, 2.45) is 0 Å². The third-order valence-corrected chi connectivity index (χ3v) is 3.85. The first-order chi connectivity index (χ1) is 9.69. The van der Waals surface area contributed by atoms with E-state index in [4.69, 9.17) is 34.8 Å². The third-order valence-electron chi connectivity index (χ3n) is 3.04. The summed E-state index contributed by atoms with van der Waals surface area (Å²) in [5, 5.41) is 1.27. The average molecular weight is 327 g/mol.